The summed E-state index contributed by atoms with van der Waals surface area (Å²) in [6, 6.07) is 1.88. The van der Waals surface area contributed by atoms with Crippen molar-refractivity contribution in [2.45, 2.75) is 5.54 Å². The number of amides is 1. The summed E-state index contributed by atoms with van der Waals surface area (Å²) < 4.78 is 6.16. The summed E-state index contributed by atoms with van der Waals surface area (Å²) in [5.74, 6) is 0.0280. The van der Waals surface area contributed by atoms with Crippen LogP contribution in [0.2, 0.25) is 0 Å². The highest BCUT2D eigenvalue weighted by Crippen LogP contribution is 2.43. The van der Waals surface area contributed by atoms with Gasteiger partial charge in [-0.05, 0) is 22.0 Å². The molecular formula is C8H6BrNO2S. The van der Waals surface area contributed by atoms with Crippen LogP contribution in [0.25, 0.3) is 0 Å². The Morgan fingerprint density at radius 1 is 1.62 bits per heavy atom. The molecule has 1 aromatic heterocycles. The first kappa shape index (κ1) is 7.96. The van der Waals surface area contributed by atoms with Crippen LogP contribution in [-0.4, -0.2) is 19.1 Å². The molecule has 2 aliphatic heterocycles. The first-order valence-corrected chi connectivity index (χ1v) is 5.52. The van der Waals surface area contributed by atoms with E-state index in [9.17, 15) is 4.79 Å². The molecular weight excluding hydrogens is 254 g/mol. The summed E-state index contributed by atoms with van der Waals surface area (Å²) in [4.78, 5) is 12.6. The van der Waals surface area contributed by atoms with Gasteiger partial charge in [-0.15, -0.1) is 11.3 Å². The van der Waals surface area contributed by atoms with Crippen molar-refractivity contribution in [3.63, 3.8) is 0 Å². The van der Waals surface area contributed by atoms with E-state index in [1.165, 1.54) is 0 Å². The third-order valence-corrected chi connectivity index (χ3v) is 4.27. The fourth-order valence-electron chi connectivity index (χ4n) is 1.74. The van der Waals surface area contributed by atoms with Crippen LogP contribution in [0.1, 0.15) is 15.2 Å². The monoisotopic (exact) mass is 259 g/mol. The van der Waals surface area contributed by atoms with Crippen molar-refractivity contribution in [1.82, 2.24) is 5.32 Å². The van der Waals surface area contributed by atoms with Crippen molar-refractivity contribution in [3.05, 3.63) is 20.3 Å². The number of ether oxygens (including phenoxy) is 1. The molecule has 1 N–H and O–H groups in total. The molecule has 3 nitrogen and oxygen atoms in total. The van der Waals surface area contributed by atoms with E-state index >= 15 is 0 Å². The Morgan fingerprint density at radius 3 is 3.00 bits per heavy atom. The van der Waals surface area contributed by atoms with E-state index in [1.54, 1.807) is 11.3 Å². The van der Waals surface area contributed by atoms with Gasteiger partial charge >= 0.3 is 0 Å². The lowest BCUT2D eigenvalue weighted by Crippen LogP contribution is -2.54. The molecule has 0 atom stereocenters. The minimum atomic E-state index is -0.191. The van der Waals surface area contributed by atoms with Gasteiger partial charge in [0.2, 0.25) is 0 Å². The predicted molar refractivity (Wildman–Crippen MR) is 52.0 cm³/mol. The minimum Gasteiger partial charge on any atom is -0.376 e. The third kappa shape index (κ3) is 0.895. The zero-order valence-corrected chi connectivity index (χ0v) is 9.00. The van der Waals surface area contributed by atoms with Gasteiger partial charge in [-0.3, -0.25) is 4.79 Å². The summed E-state index contributed by atoms with van der Waals surface area (Å²) >= 11 is 5.00. The van der Waals surface area contributed by atoms with E-state index in [0.717, 1.165) is 14.2 Å². The molecule has 0 bridgehead atoms. The van der Waals surface area contributed by atoms with Crippen LogP contribution in [0.3, 0.4) is 0 Å². The maximum Gasteiger partial charge on any atom is 0.253 e. The number of carbonyl (C=O) groups is 1. The van der Waals surface area contributed by atoms with Crippen molar-refractivity contribution < 1.29 is 9.53 Å². The van der Waals surface area contributed by atoms with Crippen molar-refractivity contribution >= 4 is 33.2 Å². The van der Waals surface area contributed by atoms with Gasteiger partial charge < -0.3 is 10.1 Å². The van der Waals surface area contributed by atoms with Gasteiger partial charge in [0.05, 0.1) is 22.6 Å². The molecule has 0 aliphatic carbocycles. The van der Waals surface area contributed by atoms with Crippen molar-refractivity contribution in [1.29, 1.82) is 0 Å². The van der Waals surface area contributed by atoms with E-state index in [1.807, 2.05) is 6.07 Å². The van der Waals surface area contributed by atoms with E-state index in [2.05, 4.69) is 21.2 Å². The molecule has 1 aromatic rings. The Bertz CT molecular complexity index is 397. The summed E-state index contributed by atoms with van der Waals surface area (Å²) in [6.45, 7) is 1.22. The summed E-state index contributed by atoms with van der Waals surface area (Å²) in [5.41, 5.74) is 0.614. The maximum atomic E-state index is 11.5. The summed E-state index contributed by atoms with van der Waals surface area (Å²) in [7, 11) is 0. The first-order chi connectivity index (χ1) is 6.21. The predicted octanol–water partition coefficient (Wildman–Crippen LogP) is 1.48. The lowest BCUT2D eigenvalue weighted by molar-refractivity contribution is -0.0673. The van der Waals surface area contributed by atoms with Gasteiger partial charge in [-0.25, -0.2) is 0 Å². The summed E-state index contributed by atoms with van der Waals surface area (Å²) in [6.07, 6.45) is 0. The number of halogens is 1. The second-order valence-corrected chi connectivity index (χ2v) is 5.75. The lowest BCUT2D eigenvalue weighted by Gasteiger charge is -2.37. The van der Waals surface area contributed by atoms with Gasteiger partial charge in [-0.1, -0.05) is 0 Å². The Morgan fingerprint density at radius 2 is 2.38 bits per heavy atom. The third-order valence-electron chi connectivity index (χ3n) is 2.43. The average Bonchev–Trinajstić information content (AvgIpc) is 2.48. The zero-order valence-electron chi connectivity index (χ0n) is 6.59. The fraction of sp³-hybridized carbons (Fsp3) is 0.375. The number of hydrogen-bond acceptors (Lipinski definition) is 3. The highest BCUT2D eigenvalue weighted by molar-refractivity contribution is 9.11. The Labute approximate surface area is 87.2 Å². The highest BCUT2D eigenvalue weighted by atomic mass is 79.9. The van der Waals surface area contributed by atoms with Crippen molar-refractivity contribution in [3.8, 4) is 0 Å². The molecule has 1 amide bonds. The molecule has 1 fully saturated rings. The van der Waals surface area contributed by atoms with Crippen molar-refractivity contribution in [2.24, 2.45) is 0 Å². The van der Waals surface area contributed by atoms with Crippen LogP contribution < -0.4 is 5.32 Å². The van der Waals surface area contributed by atoms with E-state index < -0.39 is 0 Å². The molecule has 2 aliphatic rings. The average molecular weight is 260 g/mol. The van der Waals surface area contributed by atoms with E-state index in [0.29, 0.717) is 13.2 Å². The Kier molecular flexibility index (Phi) is 1.44. The molecule has 13 heavy (non-hydrogen) atoms. The van der Waals surface area contributed by atoms with Gasteiger partial charge in [0, 0.05) is 4.88 Å². The largest absolute Gasteiger partial charge is 0.376 e. The molecule has 3 rings (SSSR count). The van der Waals surface area contributed by atoms with Crippen LogP contribution >= 0.6 is 27.3 Å². The number of hydrogen-bond donors (Lipinski definition) is 1. The molecule has 1 saturated heterocycles. The van der Waals surface area contributed by atoms with Crippen LogP contribution in [0.15, 0.2) is 9.85 Å². The molecule has 0 saturated carbocycles. The van der Waals surface area contributed by atoms with Crippen LogP contribution in [0, 0.1) is 0 Å². The Balaban J connectivity index is 2.18. The normalized spacial score (nSPS) is 22.7. The molecule has 68 valence electrons. The number of thiophene rings is 1. The number of carbonyl (C=O) groups excluding carboxylic acids is 1. The second-order valence-electron chi connectivity index (χ2n) is 3.32. The second kappa shape index (κ2) is 2.34. The smallest absolute Gasteiger partial charge is 0.253 e. The maximum absolute atomic E-state index is 11.5. The zero-order chi connectivity index (χ0) is 9.05. The van der Waals surface area contributed by atoms with Gasteiger partial charge in [0.1, 0.15) is 5.54 Å². The number of nitrogens with one attached hydrogen (secondary N) is 1. The molecule has 3 heterocycles. The summed E-state index contributed by atoms with van der Waals surface area (Å²) in [5, 5.41) is 2.97. The van der Waals surface area contributed by atoms with Crippen LogP contribution in [-0.2, 0) is 10.3 Å². The van der Waals surface area contributed by atoms with E-state index in [-0.39, 0.29) is 11.4 Å². The molecule has 5 heteroatoms. The van der Waals surface area contributed by atoms with Gasteiger partial charge in [-0.2, -0.15) is 0 Å². The number of fused-ring (bicyclic) bond motifs is 2. The van der Waals surface area contributed by atoms with Crippen LogP contribution in [0.4, 0.5) is 0 Å². The van der Waals surface area contributed by atoms with Gasteiger partial charge in [0.15, 0.2) is 0 Å². The van der Waals surface area contributed by atoms with Crippen molar-refractivity contribution in [2.75, 3.05) is 13.2 Å². The highest BCUT2D eigenvalue weighted by Gasteiger charge is 2.50. The SMILES string of the molecule is O=C1NC2(COC2)c2sc(Br)cc21. The van der Waals surface area contributed by atoms with E-state index in [4.69, 9.17) is 4.74 Å². The number of rotatable bonds is 0. The molecule has 0 unspecified atom stereocenters. The molecule has 0 radical (unpaired) electrons. The topological polar surface area (TPSA) is 38.3 Å². The van der Waals surface area contributed by atoms with Gasteiger partial charge in [0.25, 0.3) is 5.91 Å². The van der Waals surface area contributed by atoms with Crippen LogP contribution in [0.5, 0.6) is 0 Å². The standard InChI is InChI=1S/C8H6BrNO2S/c9-5-1-4-6(13-5)8(2-12-3-8)10-7(4)11/h1H,2-3H2,(H,10,11). The Hall–Kier alpha value is -0.390. The quantitative estimate of drug-likeness (QED) is 0.767. The lowest BCUT2D eigenvalue weighted by atomic mass is 9.97. The molecule has 1 spiro atoms. The minimum absolute atomic E-state index is 0.0280. The first-order valence-electron chi connectivity index (χ1n) is 3.91. The molecule has 0 aromatic carbocycles. The fourth-order valence-corrected chi connectivity index (χ4v) is 3.45.